The zero-order valence-corrected chi connectivity index (χ0v) is 11.4. The minimum atomic E-state index is -2.85. The summed E-state index contributed by atoms with van der Waals surface area (Å²) >= 11 is 3.26. The number of rotatable bonds is 8. The molecule has 0 amide bonds. The van der Waals surface area contributed by atoms with Gasteiger partial charge in [-0.15, -0.1) is 0 Å². The lowest BCUT2D eigenvalue weighted by Gasteiger charge is -2.12. The Labute approximate surface area is 112 Å². The van der Waals surface area contributed by atoms with Crippen LogP contribution >= 0.6 is 15.9 Å². The standard InChI is InChI=1S/C11H14BrF2NO3/c1-16-4-5-17-15-7-8-6-9(12)2-3-10(8)18-11(13)14/h2-3,6,11,15H,4-5,7H2,1H3. The first kappa shape index (κ1) is 15.3. The van der Waals surface area contributed by atoms with Crippen LogP contribution in [0.1, 0.15) is 5.56 Å². The Morgan fingerprint density at radius 2 is 2.11 bits per heavy atom. The number of nitrogens with one attached hydrogen (secondary N) is 1. The molecule has 0 fully saturated rings. The highest BCUT2D eigenvalue weighted by molar-refractivity contribution is 9.10. The average molecular weight is 326 g/mol. The van der Waals surface area contributed by atoms with Gasteiger partial charge < -0.3 is 9.47 Å². The van der Waals surface area contributed by atoms with Gasteiger partial charge in [-0.05, 0) is 18.2 Å². The van der Waals surface area contributed by atoms with E-state index in [1.165, 1.54) is 6.07 Å². The summed E-state index contributed by atoms with van der Waals surface area (Å²) in [6.45, 7) is -1.77. The first-order valence-corrected chi connectivity index (χ1v) is 5.99. The molecule has 0 atom stereocenters. The monoisotopic (exact) mass is 325 g/mol. The van der Waals surface area contributed by atoms with Crippen molar-refractivity contribution in [2.24, 2.45) is 0 Å². The first-order valence-electron chi connectivity index (χ1n) is 5.20. The molecule has 0 saturated heterocycles. The molecule has 0 aliphatic heterocycles. The second-order valence-corrected chi connectivity index (χ2v) is 4.21. The third-order valence-corrected chi connectivity index (χ3v) is 2.49. The predicted molar refractivity (Wildman–Crippen MR) is 65.4 cm³/mol. The van der Waals surface area contributed by atoms with Crippen LogP contribution in [0.15, 0.2) is 22.7 Å². The summed E-state index contributed by atoms with van der Waals surface area (Å²) < 4.78 is 34.3. The molecule has 0 radical (unpaired) electrons. The third kappa shape index (κ3) is 5.72. The Morgan fingerprint density at radius 3 is 2.78 bits per heavy atom. The van der Waals surface area contributed by atoms with Crippen molar-refractivity contribution in [3.05, 3.63) is 28.2 Å². The van der Waals surface area contributed by atoms with Crippen LogP contribution < -0.4 is 10.2 Å². The maximum atomic E-state index is 12.2. The first-order chi connectivity index (χ1) is 8.63. The highest BCUT2D eigenvalue weighted by Gasteiger charge is 2.09. The highest BCUT2D eigenvalue weighted by atomic mass is 79.9. The molecule has 102 valence electrons. The van der Waals surface area contributed by atoms with Crippen LogP contribution in [0.4, 0.5) is 8.78 Å². The van der Waals surface area contributed by atoms with E-state index in [-0.39, 0.29) is 12.3 Å². The molecule has 0 bridgehead atoms. The number of hydrogen-bond donors (Lipinski definition) is 1. The Morgan fingerprint density at radius 1 is 1.33 bits per heavy atom. The molecule has 0 aliphatic carbocycles. The fraction of sp³-hybridized carbons (Fsp3) is 0.455. The molecule has 1 aromatic rings. The van der Waals surface area contributed by atoms with E-state index in [9.17, 15) is 8.78 Å². The molecular weight excluding hydrogens is 312 g/mol. The van der Waals surface area contributed by atoms with E-state index >= 15 is 0 Å². The quantitative estimate of drug-likeness (QED) is 0.589. The molecular formula is C11H14BrF2NO3. The van der Waals surface area contributed by atoms with E-state index in [1.54, 1.807) is 19.2 Å². The van der Waals surface area contributed by atoms with Crippen LogP contribution in [-0.4, -0.2) is 26.9 Å². The summed E-state index contributed by atoms with van der Waals surface area (Å²) in [6, 6.07) is 4.79. The van der Waals surface area contributed by atoms with Crippen molar-refractivity contribution in [2.75, 3.05) is 20.3 Å². The second-order valence-electron chi connectivity index (χ2n) is 3.29. The molecule has 4 nitrogen and oxygen atoms in total. The maximum absolute atomic E-state index is 12.2. The van der Waals surface area contributed by atoms with Crippen LogP contribution in [0.3, 0.4) is 0 Å². The number of hydroxylamine groups is 1. The zero-order chi connectivity index (χ0) is 13.4. The molecule has 0 aromatic heterocycles. The van der Waals surface area contributed by atoms with E-state index in [0.29, 0.717) is 18.8 Å². The molecule has 7 heteroatoms. The van der Waals surface area contributed by atoms with E-state index in [1.807, 2.05) is 0 Å². The van der Waals surface area contributed by atoms with Crippen molar-refractivity contribution in [3.8, 4) is 5.75 Å². The summed E-state index contributed by atoms with van der Waals surface area (Å²) in [4.78, 5) is 5.04. The van der Waals surface area contributed by atoms with E-state index < -0.39 is 6.61 Å². The molecule has 0 saturated carbocycles. The van der Waals surface area contributed by atoms with Crippen molar-refractivity contribution in [1.82, 2.24) is 5.48 Å². The molecule has 0 unspecified atom stereocenters. The maximum Gasteiger partial charge on any atom is 0.387 e. The van der Waals surface area contributed by atoms with Crippen LogP contribution in [0.25, 0.3) is 0 Å². The smallest absolute Gasteiger partial charge is 0.387 e. The Hall–Kier alpha value is -0.760. The molecule has 18 heavy (non-hydrogen) atoms. The minimum Gasteiger partial charge on any atom is -0.434 e. The SMILES string of the molecule is COCCONCc1cc(Br)ccc1OC(F)F. The van der Waals surface area contributed by atoms with Gasteiger partial charge in [0.05, 0.1) is 13.2 Å². The van der Waals surface area contributed by atoms with Gasteiger partial charge in [-0.2, -0.15) is 14.3 Å². The van der Waals surface area contributed by atoms with Crippen molar-refractivity contribution < 1.29 is 23.1 Å². The van der Waals surface area contributed by atoms with Gasteiger partial charge >= 0.3 is 6.61 Å². The van der Waals surface area contributed by atoms with Gasteiger partial charge in [-0.3, -0.25) is 4.84 Å². The second kappa shape index (κ2) is 8.36. The van der Waals surface area contributed by atoms with E-state index in [0.717, 1.165) is 4.47 Å². The van der Waals surface area contributed by atoms with Crippen molar-refractivity contribution in [2.45, 2.75) is 13.2 Å². The van der Waals surface area contributed by atoms with E-state index in [2.05, 4.69) is 26.1 Å². The van der Waals surface area contributed by atoms with Gasteiger partial charge in [-0.1, -0.05) is 15.9 Å². The summed E-state index contributed by atoms with van der Waals surface area (Å²) in [6.07, 6.45) is 0. The summed E-state index contributed by atoms with van der Waals surface area (Å²) in [7, 11) is 1.56. The molecule has 1 rings (SSSR count). The summed E-state index contributed by atoms with van der Waals surface area (Å²) in [5, 5.41) is 0. The topological polar surface area (TPSA) is 39.7 Å². The van der Waals surface area contributed by atoms with Crippen LogP contribution in [0.2, 0.25) is 0 Å². The summed E-state index contributed by atoms with van der Waals surface area (Å²) in [5.74, 6) is 0.121. The Kier molecular flexibility index (Phi) is 7.11. The number of halogens is 3. The van der Waals surface area contributed by atoms with E-state index in [4.69, 9.17) is 9.57 Å². The average Bonchev–Trinajstić information content (AvgIpc) is 2.31. The molecule has 0 spiro atoms. The van der Waals surface area contributed by atoms with Gasteiger partial charge in [0, 0.05) is 23.7 Å². The lowest BCUT2D eigenvalue weighted by Crippen LogP contribution is -2.18. The van der Waals surface area contributed by atoms with Gasteiger partial charge in [-0.25, -0.2) is 0 Å². The van der Waals surface area contributed by atoms with Gasteiger partial charge in [0.2, 0.25) is 0 Å². The van der Waals surface area contributed by atoms with Crippen molar-refractivity contribution in [3.63, 3.8) is 0 Å². The zero-order valence-electron chi connectivity index (χ0n) is 9.79. The van der Waals surface area contributed by atoms with Crippen molar-refractivity contribution in [1.29, 1.82) is 0 Å². The number of hydrogen-bond acceptors (Lipinski definition) is 4. The fourth-order valence-corrected chi connectivity index (χ4v) is 1.63. The van der Waals surface area contributed by atoms with Crippen LogP contribution in [-0.2, 0) is 16.1 Å². The molecule has 0 aliphatic rings. The molecule has 1 N–H and O–H groups in total. The predicted octanol–water partition coefficient (Wildman–Crippen LogP) is 2.72. The Bertz CT molecular complexity index is 366. The normalized spacial score (nSPS) is 10.9. The van der Waals surface area contributed by atoms with Crippen molar-refractivity contribution >= 4 is 15.9 Å². The summed E-state index contributed by atoms with van der Waals surface area (Å²) in [5.41, 5.74) is 3.22. The van der Waals surface area contributed by atoms with Crippen LogP contribution in [0, 0.1) is 0 Å². The molecule has 1 aromatic carbocycles. The minimum absolute atomic E-state index is 0.121. The molecule has 0 heterocycles. The number of methoxy groups -OCH3 is 1. The highest BCUT2D eigenvalue weighted by Crippen LogP contribution is 2.24. The van der Waals surface area contributed by atoms with Gasteiger partial charge in [0.25, 0.3) is 0 Å². The third-order valence-electron chi connectivity index (χ3n) is 1.99. The lowest BCUT2D eigenvalue weighted by atomic mass is 10.2. The fourth-order valence-electron chi connectivity index (χ4n) is 1.22. The number of benzene rings is 1. The lowest BCUT2D eigenvalue weighted by molar-refractivity contribution is -0.0513. The van der Waals surface area contributed by atoms with Crippen LogP contribution in [0.5, 0.6) is 5.75 Å². The van der Waals surface area contributed by atoms with Gasteiger partial charge in [0.1, 0.15) is 5.75 Å². The Balaban J connectivity index is 2.53. The largest absolute Gasteiger partial charge is 0.434 e. The number of alkyl halides is 2. The number of ether oxygens (including phenoxy) is 2. The van der Waals surface area contributed by atoms with Gasteiger partial charge in [0.15, 0.2) is 0 Å².